The summed E-state index contributed by atoms with van der Waals surface area (Å²) in [6.07, 6.45) is 0. The van der Waals surface area contributed by atoms with Crippen molar-refractivity contribution < 1.29 is 5.11 Å². The average Bonchev–Trinajstić information content (AvgIpc) is 3.12. The maximum absolute atomic E-state index is 10.5. The molecule has 0 bridgehead atoms. The topological polar surface area (TPSA) is 46.0 Å². The molecule has 0 fully saturated rings. The van der Waals surface area contributed by atoms with Crippen molar-refractivity contribution in [3.05, 3.63) is 151 Å². The zero-order valence-corrected chi connectivity index (χ0v) is 26.1. The number of para-hydroxylation sites is 1. The molecule has 3 nitrogen and oxygen atoms in total. The lowest BCUT2D eigenvalue weighted by Gasteiger charge is -2.15. The van der Waals surface area contributed by atoms with Crippen molar-refractivity contribution in [2.24, 2.45) is 0 Å². The molecule has 9 rings (SSSR count). The van der Waals surface area contributed by atoms with Crippen molar-refractivity contribution in [3.8, 4) is 39.4 Å². The summed E-state index contributed by atoms with van der Waals surface area (Å²) in [4.78, 5) is 10.2. The molecule has 0 aliphatic rings. The summed E-state index contributed by atoms with van der Waals surface area (Å²) in [6, 6.07) is 48.7. The second-order valence-corrected chi connectivity index (χ2v) is 12.5. The number of phenols is 1. The third-order valence-corrected chi connectivity index (χ3v) is 9.60. The first-order chi connectivity index (χ1) is 23.0. The monoisotopic (exact) mass is 602 g/mol. The molecule has 7 aromatic carbocycles. The quantitative estimate of drug-likeness (QED) is 0.205. The SMILES string of the molecule is Cc1cc(-c2ccc3ccc4ccc(-c5ccccc5O)nc4c3n2)c(C)cc1-c1ccc2c3ccccc3c3ccccc3c2c1. The molecule has 0 aliphatic carbocycles. The Bertz CT molecular complexity index is 2690. The molecule has 0 spiro atoms. The van der Waals surface area contributed by atoms with Gasteiger partial charge in [-0.3, -0.25) is 0 Å². The van der Waals surface area contributed by atoms with Crippen LogP contribution in [-0.2, 0) is 0 Å². The van der Waals surface area contributed by atoms with E-state index in [1.165, 1.54) is 54.6 Å². The van der Waals surface area contributed by atoms with E-state index in [-0.39, 0.29) is 5.75 Å². The molecule has 0 unspecified atom stereocenters. The second-order valence-electron chi connectivity index (χ2n) is 12.5. The minimum absolute atomic E-state index is 0.215. The number of rotatable bonds is 3. The highest BCUT2D eigenvalue weighted by Crippen LogP contribution is 2.39. The third kappa shape index (κ3) is 4.35. The molecule has 0 saturated heterocycles. The predicted molar refractivity (Wildman–Crippen MR) is 197 cm³/mol. The first-order valence-corrected chi connectivity index (χ1v) is 16.0. The fourth-order valence-electron chi connectivity index (χ4n) is 7.24. The Hall–Kier alpha value is -6.06. The number of phenolic OH excluding ortho intramolecular Hbond substituents is 1. The fraction of sp³-hybridized carbons (Fsp3) is 0.0455. The number of hydrogen-bond acceptors (Lipinski definition) is 3. The van der Waals surface area contributed by atoms with E-state index in [9.17, 15) is 5.11 Å². The molecule has 3 heteroatoms. The zero-order chi connectivity index (χ0) is 31.6. The number of benzene rings is 7. The van der Waals surface area contributed by atoms with Crippen LogP contribution in [-0.4, -0.2) is 15.1 Å². The lowest BCUT2D eigenvalue weighted by atomic mass is 9.89. The van der Waals surface area contributed by atoms with Gasteiger partial charge in [0.05, 0.1) is 22.4 Å². The number of nitrogens with zero attached hydrogens (tertiary/aromatic N) is 2. The second kappa shape index (κ2) is 10.5. The maximum atomic E-state index is 10.5. The van der Waals surface area contributed by atoms with Gasteiger partial charge in [0, 0.05) is 21.9 Å². The molecule has 0 radical (unpaired) electrons. The van der Waals surface area contributed by atoms with Crippen LogP contribution in [0, 0.1) is 13.8 Å². The van der Waals surface area contributed by atoms with Crippen LogP contribution >= 0.6 is 0 Å². The minimum Gasteiger partial charge on any atom is -0.507 e. The molecule has 47 heavy (non-hydrogen) atoms. The van der Waals surface area contributed by atoms with Crippen LogP contribution in [0.3, 0.4) is 0 Å². The third-order valence-electron chi connectivity index (χ3n) is 9.60. The van der Waals surface area contributed by atoms with Gasteiger partial charge in [-0.1, -0.05) is 103 Å². The Labute approximate surface area is 272 Å². The van der Waals surface area contributed by atoms with Crippen molar-refractivity contribution in [2.45, 2.75) is 13.8 Å². The van der Waals surface area contributed by atoms with Gasteiger partial charge in [-0.05, 0) is 105 Å². The summed E-state index contributed by atoms with van der Waals surface area (Å²) >= 11 is 0. The Morgan fingerprint density at radius 1 is 0.404 bits per heavy atom. The fourth-order valence-corrected chi connectivity index (χ4v) is 7.24. The van der Waals surface area contributed by atoms with Crippen molar-refractivity contribution in [2.75, 3.05) is 0 Å². The Kier molecular flexibility index (Phi) is 6.09. The normalized spacial score (nSPS) is 11.7. The Balaban J connectivity index is 1.18. The van der Waals surface area contributed by atoms with Crippen molar-refractivity contribution in [1.29, 1.82) is 0 Å². The van der Waals surface area contributed by atoms with E-state index in [4.69, 9.17) is 9.97 Å². The molecular formula is C44H30N2O. The summed E-state index contributed by atoms with van der Waals surface area (Å²) in [7, 11) is 0. The first kappa shape index (κ1) is 27.3. The van der Waals surface area contributed by atoms with Crippen LogP contribution in [0.2, 0.25) is 0 Å². The van der Waals surface area contributed by atoms with E-state index in [2.05, 4.69) is 123 Å². The van der Waals surface area contributed by atoms with Crippen LogP contribution in [0.25, 0.3) is 87.8 Å². The van der Waals surface area contributed by atoms with Gasteiger partial charge >= 0.3 is 0 Å². The summed E-state index contributed by atoms with van der Waals surface area (Å²) in [5.74, 6) is 0.215. The molecule has 9 aromatic rings. The van der Waals surface area contributed by atoms with Gasteiger partial charge in [0.15, 0.2) is 0 Å². The number of aromatic hydroxyl groups is 1. The standard InChI is InChI=1S/C44H30N2O/c1-26-24-38(41-22-19-29-16-15-28-18-21-40(45-43(28)44(29)46-41)36-13-7-8-14-42(36)47)27(2)23-37(26)30-17-20-35-33-11-4-3-9-31(33)32-10-5-6-12-34(32)39(35)25-30/h3-25,47H,1-2H3. The van der Waals surface area contributed by atoms with Gasteiger partial charge in [0.2, 0.25) is 0 Å². The van der Waals surface area contributed by atoms with Gasteiger partial charge in [-0.2, -0.15) is 0 Å². The molecule has 2 heterocycles. The van der Waals surface area contributed by atoms with Gasteiger partial charge in [0.1, 0.15) is 5.75 Å². The molecule has 222 valence electrons. The van der Waals surface area contributed by atoms with E-state index in [0.717, 1.165) is 38.8 Å². The van der Waals surface area contributed by atoms with Gasteiger partial charge in [0.25, 0.3) is 0 Å². The molecule has 0 saturated carbocycles. The highest BCUT2D eigenvalue weighted by Gasteiger charge is 2.15. The van der Waals surface area contributed by atoms with Gasteiger partial charge in [-0.25, -0.2) is 9.97 Å². The van der Waals surface area contributed by atoms with Crippen LogP contribution in [0.4, 0.5) is 0 Å². The molecule has 2 aromatic heterocycles. The number of aryl methyl sites for hydroxylation is 2. The highest BCUT2D eigenvalue weighted by atomic mass is 16.3. The van der Waals surface area contributed by atoms with Gasteiger partial charge in [-0.15, -0.1) is 0 Å². The van der Waals surface area contributed by atoms with Crippen molar-refractivity contribution in [3.63, 3.8) is 0 Å². The van der Waals surface area contributed by atoms with Crippen molar-refractivity contribution >= 4 is 54.1 Å². The number of pyridine rings is 2. The number of hydrogen-bond donors (Lipinski definition) is 1. The number of aromatic nitrogens is 2. The van der Waals surface area contributed by atoms with Crippen LogP contribution in [0.1, 0.15) is 11.1 Å². The van der Waals surface area contributed by atoms with Gasteiger partial charge < -0.3 is 5.11 Å². The zero-order valence-electron chi connectivity index (χ0n) is 26.1. The molecule has 1 N–H and O–H groups in total. The summed E-state index contributed by atoms with van der Waals surface area (Å²) in [6.45, 7) is 4.36. The molecule has 0 amide bonds. The molecule has 0 atom stereocenters. The van der Waals surface area contributed by atoms with Crippen LogP contribution < -0.4 is 0 Å². The maximum Gasteiger partial charge on any atom is 0.124 e. The predicted octanol–water partition coefficient (Wildman–Crippen LogP) is 11.6. The van der Waals surface area contributed by atoms with E-state index >= 15 is 0 Å². The Morgan fingerprint density at radius 2 is 0.872 bits per heavy atom. The molecule has 0 aliphatic heterocycles. The minimum atomic E-state index is 0.215. The average molecular weight is 603 g/mol. The van der Waals surface area contributed by atoms with E-state index in [0.29, 0.717) is 5.56 Å². The van der Waals surface area contributed by atoms with E-state index in [1.807, 2.05) is 24.3 Å². The van der Waals surface area contributed by atoms with Crippen molar-refractivity contribution in [1.82, 2.24) is 9.97 Å². The summed E-state index contributed by atoms with van der Waals surface area (Å²) in [5.41, 5.74) is 9.95. The summed E-state index contributed by atoms with van der Waals surface area (Å²) < 4.78 is 0. The first-order valence-electron chi connectivity index (χ1n) is 16.0. The smallest absolute Gasteiger partial charge is 0.124 e. The largest absolute Gasteiger partial charge is 0.507 e. The van der Waals surface area contributed by atoms with E-state index in [1.54, 1.807) is 6.07 Å². The lowest BCUT2D eigenvalue weighted by molar-refractivity contribution is 0.477. The lowest BCUT2D eigenvalue weighted by Crippen LogP contribution is -1.94. The Morgan fingerprint density at radius 3 is 1.49 bits per heavy atom. The number of fused-ring (bicyclic) bond motifs is 9. The van der Waals surface area contributed by atoms with E-state index < -0.39 is 0 Å². The highest BCUT2D eigenvalue weighted by molar-refractivity contribution is 6.25. The van der Waals surface area contributed by atoms with Crippen LogP contribution in [0.5, 0.6) is 5.75 Å². The summed E-state index contributed by atoms with van der Waals surface area (Å²) in [5, 5.41) is 20.2. The molecular weight excluding hydrogens is 572 g/mol. The van der Waals surface area contributed by atoms with Crippen LogP contribution in [0.15, 0.2) is 140 Å².